The first-order valence-electron chi connectivity index (χ1n) is 5.42. The number of rotatable bonds is 7. The largest absolute Gasteiger partial charge is 0.377 e. The summed E-state index contributed by atoms with van der Waals surface area (Å²) in [6.07, 6.45) is -1.79. The summed E-state index contributed by atoms with van der Waals surface area (Å²) in [6, 6.07) is 0. The van der Waals surface area contributed by atoms with Crippen LogP contribution in [0.15, 0.2) is 0 Å². The van der Waals surface area contributed by atoms with E-state index in [2.05, 4.69) is 0 Å². The second-order valence-electron chi connectivity index (χ2n) is 3.58. The SMILES string of the molecule is CCC(=O)C(C(=O)CC)(C(=O)CC)C(N)O. The van der Waals surface area contributed by atoms with Crippen molar-refractivity contribution in [3.05, 3.63) is 0 Å². The fourth-order valence-electron chi connectivity index (χ4n) is 1.80. The molecule has 1 atom stereocenters. The molecule has 0 spiro atoms. The zero-order valence-electron chi connectivity index (χ0n) is 9.95. The highest BCUT2D eigenvalue weighted by molar-refractivity contribution is 6.24. The molecule has 0 heterocycles. The average Bonchev–Trinajstić information content (AvgIpc) is 2.28. The van der Waals surface area contributed by atoms with Crippen molar-refractivity contribution in [1.82, 2.24) is 0 Å². The molecule has 3 N–H and O–H groups in total. The molecule has 5 nitrogen and oxygen atoms in total. The van der Waals surface area contributed by atoms with E-state index in [1.807, 2.05) is 0 Å². The lowest BCUT2D eigenvalue weighted by Gasteiger charge is -2.31. The Balaban J connectivity index is 5.68. The number of carbonyl (C=O) groups excluding carboxylic acids is 3. The smallest absolute Gasteiger partial charge is 0.184 e. The van der Waals surface area contributed by atoms with Crippen molar-refractivity contribution < 1.29 is 19.5 Å². The Morgan fingerprint density at radius 1 is 1.00 bits per heavy atom. The molecule has 0 fully saturated rings. The second kappa shape index (κ2) is 5.86. The van der Waals surface area contributed by atoms with Crippen LogP contribution in [0.2, 0.25) is 0 Å². The van der Waals surface area contributed by atoms with Crippen molar-refractivity contribution in [1.29, 1.82) is 0 Å². The van der Waals surface area contributed by atoms with E-state index >= 15 is 0 Å². The highest BCUT2D eigenvalue weighted by Crippen LogP contribution is 2.28. The topological polar surface area (TPSA) is 97.5 Å². The quantitative estimate of drug-likeness (QED) is 0.479. The third-order valence-corrected chi connectivity index (χ3v) is 2.73. The summed E-state index contributed by atoms with van der Waals surface area (Å²) < 4.78 is 0. The molecule has 0 aliphatic rings. The summed E-state index contributed by atoms with van der Waals surface area (Å²) in [7, 11) is 0. The van der Waals surface area contributed by atoms with Gasteiger partial charge in [-0.05, 0) is 0 Å². The maximum absolute atomic E-state index is 11.8. The Bertz CT molecular complexity index is 256. The molecule has 0 aromatic rings. The number of hydrogen-bond donors (Lipinski definition) is 2. The van der Waals surface area contributed by atoms with Crippen LogP contribution in [0.3, 0.4) is 0 Å². The van der Waals surface area contributed by atoms with Gasteiger partial charge in [0.05, 0.1) is 0 Å². The minimum Gasteiger partial charge on any atom is -0.377 e. The third kappa shape index (κ3) is 2.20. The van der Waals surface area contributed by atoms with Crippen molar-refractivity contribution in [2.75, 3.05) is 0 Å². The summed E-state index contributed by atoms with van der Waals surface area (Å²) in [6.45, 7) is 4.60. The molecular formula is C11H19NO4. The monoisotopic (exact) mass is 229 g/mol. The van der Waals surface area contributed by atoms with Gasteiger partial charge in [-0.2, -0.15) is 0 Å². The van der Waals surface area contributed by atoms with Crippen LogP contribution in [0.5, 0.6) is 0 Å². The normalized spacial score (nSPS) is 13.3. The van der Waals surface area contributed by atoms with Crippen LogP contribution in [-0.4, -0.2) is 28.7 Å². The van der Waals surface area contributed by atoms with Crippen molar-refractivity contribution in [2.45, 2.75) is 46.3 Å². The predicted octanol–water partition coefficient (Wildman–Crippen LogP) is 0.187. The fourth-order valence-corrected chi connectivity index (χ4v) is 1.80. The molecule has 0 aliphatic heterocycles. The van der Waals surface area contributed by atoms with Crippen LogP contribution in [0.25, 0.3) is 0 Å². The highest BCUT2D eigenvalue weighted by Gasteiger charge is 2.53. The van der Waals surface area contributed by atoms with E-state index in [4.69, 9.17) is 5.73 Å². The molecule has 0 aromatic heterocycles. The van der Waals surface area contributed by atoms with Crippen LogP contribution >= 0.6 is 0 Å². The summed E-state index contributed by atoms with van der Waals surface area (Å²) >= 11 is 0. The molecule has 0 aromatic carbocycles. The van der Waals surface area contributed by atoms with Gasteiger partial charge in [-0.15, -0.1) is 0 Å². The molecule has 0 aliphatic carbocycles. The minimum atomic E-state index is -2.06. The summed E-state index contributed by atoms with van der Waals surface area (Å²) in [4.78, 5) is 35.4. The Morgan fingerprint density at radius 3 is 1.38 bits per heavy atom. The molecule has 0 saturated heterocycles. The zero-order chi connectivity index (χ0) is 12.9. The Hall–Kier alpha value is -1.07. The lowest BCUT2D eigenvalue weighted by atomic mass is 9.71. The molecule has 16 heavy (non-hydrogen) atoms. The van der Waals surface area contributed by atoms with E-state index in [-0.39, 0.29) is 19.3 Å². The van der Waals surface area contributed by atoms with Gasteiger partial charge >= 0.3 is 0 Å². The number of nitrogens with two attached hydrogens (primary N) is 1. The van der Waals surface area contributed by atoms with Gasteiger partial charge in [-0.1, -0.05) is 20.8 Å². The molecule has 1 unspecified atom stereocenters. The van der Waals surface area contributed by atoms with E-state index in [0.29, 0.717) is 0 Å². The van der Waals surface area contributed by atoms with Crippen LogP contribution < -0.4 is 5.73 Å². The van der Waals surface area contributed by atoms with Gasteiger partial charge in [0.15, 0.2) is 22.8 Å². The van der Waals surface area contributed by atoms with E-state index in [1.54, 1.807) is 0 Å². The maximum Gasteiger partial charge on any atom is 0.184 e. The number of ketones is 3. The van der Waals surface area contributed by atoms with Crippen molar-refractivity contribution in [2.24, 2.45) is 11.1 Å². The number of aliphatic hydroxyl groups excluding tert-OH is 1. The van der Waals surface area contributed by atoms with E-state index in [1.165, 1.54) is 20.8 Å². The molecular weight excluding hydrogens is 210 g/mol. The summed E-state index contributed by atoms with van der Waals surface area (Å²) in [5.41, 5.74) is 3.24. The molecule has 0 bridgehead atoms. The van der Waals surface area contributed by atoms with Gasteiger partial charge < -0.3 is 10.8 Å². The Morgan fingerprint density at radius 2 is 1.25 bits per heavy atom. The number of hydrogen-bond acceptors (Lipinski definition) is 5. The Kier molecular flexibility index (Phi) is 5.47. The van der Waals surface area contributed by atoms with E-state index in [9.17, 15) is 19.5 Å². The van der Waals surface area contributed by atoms with Crippen molar-refractivity contribution in [3.8, 4) is 0 Å². The summed E-state index contributed by atoms with van der Waals surface area (Å²) in [5, 5.41) is 9.48. The van der Waals surface area contributed by atoms with Gasteiger partial charge in [0.1, 0.15) is 6.23 Å². The molecule has 0 amide bonds. The highest BCUT2D eigenvalue weighted by atomic mass is 16.3. The maximum atomic E-state index is 11.8. The Labute approximate surface area is 95.0 Å². The fraction of sp³-hybridized carbons (Fsp3) is 0.727. The van der Waals surface area contributed by atoms with Gasteiger partial charge in [0, 0.05) is 19.3 Å². The zero-order valence-corrected chi connectivity index (χ0v) is 9.95. The lowest BCUT2D eigenvalue weighted by Crippen LogP contribution is -2.57. The average molecular weight is 229 g/mol. The first kappa shape index (κ1) is 14.9. The first-order valence-corrected chi connectivity index (χ1v) is 5.42. The predicted molar refractivity (Wildman–Crippen MR) is 58.5 cm³/mol. The molecule has 0 saturated carbocycles. The van der Waals surface area contributed by atoms with Crippen LogP contribution in [0.4, 0.5) is 0 Å². The molecule has 0 radical (unpaired) electrons. The van der Waals surface area contributed by atoms with Crippen molar-refractivity contribution in [3.63, 3.8) is 0 Å². The van der Waals surface area contributed by atoms with Gasteiger partial charge in [-0.3, -0.25) is 14.4 Å². The third-order valence-electron chi connectivity index (χ3n) is 2.73. The van der Waals surface area contributed by atoms with E-state index < -0.39 is 29.0 Å². The lowest BCUT2D eigenvalue weighted by molar-refractivity contribution is -0.156. The van der Waals surface area contributed by atoms with E-state index in [0.717, 1.165) is 0 Å². The molecule has 5 heteroatoms. The van der Waals surface area contributed by atoms with Gasteiger partial charge in [-0.25, -0.2) is 0 Å². The van der Waals surface area contributed by atoms with Crippen LogP contribution in [0.1, 0.15) is 40.0 Å². The standard InChI is InChI=1S/C11H19NO4/c1-4-7(13)11(10(12)16,8(14)5-2)9(15)6-3/h10,16H,4-6,12H2,1-3H3. The van der Waals surface area contributed by atoms with Gasteiger partial charge in [0.2, 0.25) is 0 Å². The number of carbonyl (C=O) groups is 3. The number of Topliss-reactive ketones (excluding diaryl/α,β-unsaturated/α-hetero) is 3. The molecule has 92 valence electrons. The van der Waals surface area contributed by atoms with Crippen LogP contribution in [-0.2, 0) is 14.4 Å². The van der Waals surface area contributed by atoms with Crippen molar-refractivity contribution >= 4 is 17.3 Å². The summed E-state index contributed by atoms with van der Waals surface area (Å²) in [5.74, 6) is -1.83. The van der Waals surface area contributed by atoms with Gasteiger partial charge in [0.25, 0.3) is 0 Å². The molecule has 0 rings (SSSR count). The van der Waals surface area contributed by atoms with Crippen LogP contribution in [0, 0.1) is 5.41 Å². The number of aliphatic hydroxyl groups is 1. The first-order chi connectivity index (χ1) is 7.39. The second-order valence-corrected chi connectivity index (χ2v) is 3.58. The minimum absolute atomic E-state index is 0.00819.